The molecule has 7 heteroatoms. The minimum Gasteiger partial charge on any atom is -0.495 e. The molecule has 2 N–H and O–H groups in total. The molecule has 1 aromatic heterocycles. The van der Waals surface area contributed by atoms with Crippen molar-refractivity contribution in [2.75, 3.05) is 7.11 Å². The Bertz CT molecular complexity index is 398. The molecule has 1 rings (SSSR count). The van der Waals surface area contributed by atoms with E-state index in [4.69, 9.17) is 10.5 Å². The highest BCUT2D eigenvalue weighted by atomic mass is 127. The third kappa shape index (κ3) is 2.33. The van der Waals surface area contributed by atoms with Gasteiger partial charge in [-0.2, -0.15) is 0 Å². The van der Waals surface area contributed by atoms with Crippen LogP contribution in [0.4, 0.5) is 8.78 Å². The molecule has 0 radical (unpaired) electrons. The monoisotopic (exact) mass is 328 g/mol. The Morgan fingerprint density at radius 1 is 1.67 bits per heavy atom. The minimum atomic E-state index is -2.86. The average molecular weight is 328 g/mol. The zero-order valence-electron chi connectivity index (χ0n) is 7.63. The lowest BCUT2D eigenvalue weighted by molar-refractivity contribution is 0.0978. The Morgan fingerprint density at radius 3 is 2.67 bits per heavy atom. The van der Waals surface area contributed by atoms with Gasteiger partial charge in [-0.3, -0.25) is 9.78 Å². The molecule has 0 saturated heterocycles. The maximum atomic E-state index is 12.5. The third-order valence-electron chi connectivity index (χ3n) is 1.67. The van der Waals surface area contributed by atoms with Gasteiger partial charge in [0.25, 0.3) is 12.3 Å². The van der Waals surface area contributed by atoms with Gasteiger partial charge in [0.2, 0.25) is 0 Å². The van der Waals surface area contributed by atoms with Crippen LogP contribution in [0.25, 0.3) is 0 Å². The number of carbonyl (C=O) groups is 1. The number of amides is 1. The lowest BCUT2D eigenvalue weighted by Crippen LogP contribution is -2.17. The molecule has 15 heavy (non-hydrogen) atoms. The summed E-state index contributed by atoms with van der Waals surface area (Å²) in [5.41, 5.74) is 3.99. The second-order valence-electron chi connectivity index (χ2n) is 2.56. The number of halogens is 3. The number of nitrogens with two attached hydrogens (primary N) is 1. The van der Waals surface area contributed by atoms with Crippen molar-refractivity contribution in [1.82, 2.24) is 4.98 Å². The quantitative estimate of drug-likeness (QED) is 0.860. The van der Waals surface area contributed by atoms with Crippen LogP contribution in [-0.4, -0.2) is 18.0 Å². The highest BCUT2D eigenvalue weighted by Crippen LogP contribution is 2.31. The highest BCUT2D eigenvalue weighted by molar-refractivity contribution is 14.1. The summed E-state index contributed by atoms with van der Waals surface area (Å²) in [6, 6.07) is 0. The highest BCUT2D eigenvalue weighted by Gasteiger charge is 2.24. The molecule has 4 nitrogen and oxygen atoms in total. The van der Waals surface area contributed by atoms with Crippen LogP contribution in [0.5, 0.6) is 5.75 Å². The van der Waals surface area contributed by atoms with Crippen molar-refractivity contribution >= 4 is 28.5 Å². The second-order valence-corrected chi connectivity index (χ2v) is 3.73. The van der Waals surface area contributed by atoms with Crippen LogP contribution < -0.4 is 10.5 Å². The van der Waals surface area contributed by atoms with E-state index in [2.05, 4.69) is 4.98 Å². The number of ether oxygens (including phenoxy) is 1. The Labute approximate surface area is 98.0 Å². The number of rotatable bonds is 3. The maximum Gasteiger partial charge on any atom is 0.281 e. The van der Waals surface area contributed by atoms with Crippen LogP contribution in [0.1, 0.15) is 22.5 Å². The number of alkyl halides is 2. The number of nitrogens with zero attached hydrogens (tertiary/aromatic N) is 1. The topological polar surface area (TPSA) is 65.2 Å². The molecular weight excluding hydrogens is 321 g/mol. The van der Waals surface area contributed by atoms with Crippen molar-refractivity contribution in [3.63, 3.8) is 0 Å². The SMILES string of the molecule is COc1c(I)cnc(C(F)F)c1C(N)=O. The fraction of sp³-hybridized carbons (Fsp3) is 0.250. The normalized spacial score (nSPS) is 10.5. The van der Waals surface area contributed by atoms with Gasteiger partial charge < -0.3 is 10.5 Å². The van der Waals surface area contributed by atoms with Gasteiger partial charge in [0.1, 0.15) is 17.0 Å². The molecule has 0 aliphatic rings. The second kappa shape index (κ2) is 4.69. The number of primary amides is 1. The number of carbonyl (C=O) groups excluding carboxylic acids is 1. The fourth-order valence-electron chi connectivity index (χ4n) is 1.09. The molecule has 0 unspecified atom stereocenters. The van der Waals surface area contributed by atoms with E-state index in [1.807, 2.05) is 22.6 Å². The van der Waals surface area contributed by atoms with Crippen LogP contribution in [-0.2, 0) is 0 Å². The predicted molar refractivity (Wildman–Crippen MR) is 57.0 cm³/mol. The number of methoxy groups -OCH3 is 1. The lowest BCUT2D eigenvalue weighted by Gasteiger charge is -2.11. The first kappa shape index (κ1) is 12.1. The first-order valence-electron chi connectivity index (χ1n) is 3.79. The molecule has 0 aliphatic carbocycles. The van der Waals surface area contributed by atoms with Crippen LogP contribution in [0.2, 0.25) is 0 Å². The smallest absolute Gasteiger partial charge is 0.281 e. The largest absolute Gasteiger partial charge is 0.495 e. The van der Waals surface area contributed by atoms with Crippen molar-refractivity contribution in [3.05, 3.63) is 21.0 Å². The van der Waals surface area contributed by atoms with Crippen LogP contribution >= 0.6 is 22.6 Å². The van der Waals surface area contributed by atoms with Gasteiger partial charge >= 0.3 is 0 Å². The maximum absolute atomic E-state index is 12.5. The molecule has 1 heterocycles. The molecule has 0 saturated carbocycles. The van der Waals surface area contributed by atoms with E-state index in [0.717, 1.165) is 0 Å². The first-order valence-corrected chi connectivity index (χ1v) is 4.87. The molecule has 0 spiro atoms. The van der Waals surface area contributed by atoms with E-state index >= 15 is 0 Å². The zero-order chi connectivity index (χ0) is 11.6. The lowest BCUT2D eigenvalue weighted by atomic mass is 10.1. The van der Waals surface area contributed by atoms with E-state index in [1.54, 1.807) is 0 Å². The molecule has 1 amide bonds. The molecule has 0 fully saturated rings. The number of pyridine rings is 1. The molecule has 0 atom stereocenters. The van der Waals surface area contributed by atoms with Gasteiger partial charge in [0.15, 0.2) is 0 Å². The Hall–Kier alpha value is -0.990. The van der Waals surface area contributed by atoms with Crippen molar-refractivity contribution < 1.29 is 18.3 Å². The Morgan fingerprint density at radius 2 is 2.27 bits per heavy atom. The average Bonchev–Trinajstić information content (AvgIpc) is 2.16. The van der Waals surface area contributed by atoms with E-state index < -0.39 is 18.0 Å². The minimum absolute atomic E-state index is 0.0356. The van der Waals surface area contributed by atoms with Crippen molar-refractivity contribution in [3.8, 4) is 5.75 Å². The Balaban J connectivity index is 3.49. The predicted octanol–water partition coefficient (Wildman–Crippen LogP) is 1.73. The molecule has 0 aliphatic heterocycles. The van der Waals surface area contributed by atoms with Crippen LogP contribution in [0, 0.1) is 3.57 Å². The van der Waals surface area contributed by atoms with E-state index in [-0.39, 0.29) is 11.3 Å². The van der Waals surface area contributed by atoms with Crippen LogP contribution in [0.3, 0.4) is 0 Å². The third-order valence-corrected chi connectivity index (χ3v) is 2.44. The molecule has 82 valence electrons. The summed E-state index contributed by atoms with van der Waals surface area (Å²) < 4.78 is 30.3. The van der Waals surface area contributed by atoms with Crippen molar-refractivity contribution in [1.29, 1.82) is 0 Å². The van der Waals surface area contributed by atoms with Gasteiger partial charge in [-0.05, 0) is 22.6 Å². The van der Waals surface area contributed by atoms with Crippen LogP contribution in [0.15, 0.2) is 6.20 Å². The summed E-state index contributed by atoms with van der Waals surface area (Å²) in [5.74, 6) is -0.943. The molecule has 0 bridgehead atoms. The summed E-state index contributed by atoms with van der Waals surface area (Å²) in [6.07, 6.45) is -1.66. The molecule has 1 aromatic rings. The fourth-order valence-corrected chi connectivity index (χ4v) is 1.72. The molecule has 0 aromatic carbocycles. The number of hydrogen-bond acceptors (Lipinski definition) is 3. The zero-order valence-corrected chi connectivity index (χ0v) is 9.79. The summed E-state index contributed by atoms with van der Waals surface area (Å²) >= 11 is 1.82. The van der Waals surface area contributed by atoms with E-state index in [1.165, 1.54) is 13.3 Å². The number of aromatic nitrogens is 1. The summed E-state index contributed by atoms with van der Waals surface area (Å²) in [5, 5.41) is 0. The standard InChI is InChI=1S/C8H7F2IN2O2/c1-15-6-3(11)2-13-5(7(9)10)4(6)8(12)14/h2,7H,1H3,(H2,12,14). The number of hydrogen-bond donors (Lipinski definition) is 1. The van der Waals surface area contributed by atoms with Crippen molar-refractivity contribution in [2.45, 2.75) is 6.43 Å². The Kier molecular flexibility index (Phi) is 3.77. The van der Waals surface area contributed by atoms with E-state index in [9.17, 15) is 13.6 Å². The first-order chi connectivity index (χ1) is 6.99. The van der Waals surface area contributed by atoms with Gasteiger partial charge in [-0.25, -0.2) is 8.78 Å². The summed E-state index contributed by atoms with van der Waals surface area (Å²) in [4.78, 5) is 14.5. The summed E-state index contributed by atoms with van der Waals surface area (Å²) in [6.45, 7) is 0. The van der Waals surface area contributed by atoms with Gasteiger partial charge in [-0.15, -0.1) is 0 Å². The van der Waals surface area contributed by atoms with Gasteiger partial charge in [-0.1, -0.05) is 0 Å². The molecular formula is C8H7F2IN2O2. The summed E-state index contributed by atoms with van der Waals surface area (Å²) in [7, 11) is 1.28. The van der Waals surface area contributed by atoms with Gasteiger partial charge in [0.05, 0.1) is 10.7 Å². The van der Waals surface area contributed by atoms with E-state index in [0.29, 0.717) is 3.57 Å². The van der Waals surface area contributed by atoms with Gasteiger partial charge in [0, 0.05) is 6.20 Å². The van der Waals surface area contributed by atoms with Crippen molar-refractivity contribution in [2.24, 2.45) is 5.73 Å².